The predicted molar refractivity (Wildman–Crippen MR) is 72.9 cm³/mol. The molecule has 0 bridgehead atoms. The fraction of sp³-hybridized carbons (Fsp3) is 0.562. The lowest BCUT2D eigenvalue weighted by atomic mass is 9.84. The van der Waals surface area contributed by atoms with Gasteiger partial charge in [-0.25, -0.2) is 0 Å². The molecule has 0 saturated heterocycles. The van der Waals surface area contributed by atoms with E-state index in [0.29, 0.717) is 5.92 Å². The highest BCUT2D eigenvalue weighted by Crippen LogP contribution is 2.35. The second kappa shape index (κ2) is 6.03. The molecule has 1 unspecified atom stereocenters. The Bertz CT molecular complexity index is 403. The number of rotatable bonds is 3. The van der Waals surface area contributed by atoms with E-state index in [1.54, 1.807) is 6.92 Å². The van der Waals surface area contributed by atoms with Crippen molar-refractivity contribution >= 4 is 5.97 Å². The lowest BCUT2D eigenvalue weighted by molar-refractivity contribution is -0.138. The number of hydrogen-bond acceptors (Lipinski definition) is 1. The zero-order valence-corrected chi connectivity index (χ0v) is 11.1. The van der Waals surface area contributed by atoms with Crippen molar-refractivity contribution < 1.29 is 9.90 Å². The molecule has 1 aliphatic carbocycles. The molecule has 0 heterocycles. The van der Waals surface area contributed by atoms with Gasteiger partial charge in [0.15, 0.2) is 0 Å². The van der Waals surface area contributed by atoms with E-state index < -0.39 is 11.9 Å². The van der Waals surface area contributed by atoms with Gasteiger partial charge in [-0.05, 0) is 36.8 Å². The van der Waals surface area contributed by atoms with Gasteiger partial charge in [-0.15, -0.1) is 0 Å². The number of aliphatic carboxylic acids is 1. The Hall–Kier alpha value is -1.31. The minimum Gasteiger partial charge on any atom is -0.481 e. The monoisotopic (exact) mass is 246 g/mol. The summed E-state index contributed by atoms with van der Waals surface area (Å²) in [6, 6.07) is 8.11. The Balaban J connectivity index is 2.28. The van der Waals surface area contributed by atoms with Crippen LogP contribution in [-0.4, -0.2) is 11.1 Å². The lowest BCUT2D eigenvalue weighted by Gasteiger charge is -2.20. The molecule has 1 aromatic rings. The van der Waals surface area contributed by atoms with Gasteiger partial charge in [0.2, 0.25) is 0 Å². The van der Waals surface area contributed by atoms with Gasteiger partial charge in [-0.2, -0.15) is 0 Å². The highest BCUT2D eigenvalue weighted by molar-refractivity contribution is 5.76. The van der Waals surface area contributed by atoms with Crippen molar-refractivity contribution in [3.8, 4) is 0 Å². The molecule has 1 aromatic carbocycles. The van der Waals surface area contributed by atoms with Crippen molar-refractivity contribution in [3.63, 3.8) is 0 Å². The molecule has 0 aliphatic heterocycles. The summed E-state index contributed by atoms with van der Waals surface area (Å²) in [6.45, 7) is 1.79. The molecular weight excluding hydrogens is 224 g/mol. The Morgan fingerprint density at radius 3 is 2.39 bits per heavy atom. The molecule has 2 nitrogen and oxygen atoms in total. The maximum Gasteiger partial charge on any atom is 0.310 e. The van der Waals surface area contributed by atoms with Crippen molar-refractivity contribution in [1.82, 2.24) is 0 Å². The molecular formula is C16H22O2. The topological polar surface area (TPSA) is 37.3 Å². The van der Waals surface area contributed by atoms with E-state index in [0.717, 1.165) is 5.56 Å². The molecule has 1 atom stereocenters. The van der Waals surface area contributed by atoms with Crippen LogP contribution < -0.4 is 0 Å². The largest absolute Gasteiger partial charge is 0.481 e. The quantitative estimate of drug-likeness (QED) is 0.807. The number of hydrogen-bond donors (Lipinski definition) is 1. The van der Waals surface area contributed by atoms with Crippen molar-refractivity contribution in [2.24, 2.45) is 0 Å². The van der Waals surface area contributed by atoms with E-state index in [-0.39, 0.29) is 0 Å². The van der Waals surface area contributed by atoms with Crippen LogP contribution in [-0.2, 0) is 4.79 Å². The summed E-state index contributed by atoms with van der Waals surface area (Å²) in [6.07, 6.45) is 7.63. The van der Waals surface area contributed by atoms with Gasteiger partial charge in [-0.3, -0.25) is 4.79 Å². The van der Waals surface area contributed by atoms with Gasteiger partial charge in [0.1, 0.15) is 0 Å². The Morgan fingerprint density at radius 2 is 1.78 bits per heavy atom. The first-order valence-corrected chi connectivity index (χ1v) is 7.01. The van der Waals surface area contributed by atoms with Crippen LogP contribution in [0.2, 0.25) is 0 Å². The van der Waals surface area contributed by atoms with Crippen molar-refractivity contribution in [2.75, 3.05) is 0 Å². The Kier molecular flexibility index (Phi) is 4.40. The lowest BCUT2D eigenvalue weighted by Crippen LogP contribution is -2.12. The average molecular weight is 246 g/mol. The summed E-state index contributed by atoms with van der Waals surface area (Å²) in [5.74, 6) is -0.564. The number of carbonyl (C=O) groups is 1. The molecule has 1 aliphatic rings. The molecule has 0 amide bonds. The van der Waals surface area contributed by atoms with Gasteiger partial charge in [0, 0.05) is 0 Å². The van der Waals surface area contributed by atoms with Crippen LogP contribution in [0.15, 0.2) is 24.3 Å². The van der Waals surface area contributed by atoms with E-state index in [1.165, 1.54) is 44.1 Å². The van der Waals surface area contributed by atoms with E-state index in [4.69, 9.17) is 0 Å². The molecule has 1 fully saturated rings. The molecule has 2 rings (SSSR count). The van der Waals surface area contributed by atoms with Crippen molar-refractivity contribution in [1.29, 1.82) is 0 Å². The molecule has 1 N–H and O–H groups in total. The van der Waals surface area contributed by atoms with E-state index >= 15 is 0 Å². The maximum absolute atomic E-state index is 11.2. The van der Waals surface area contributed by atoms with E-state index in [2.05, 4.69) is 6.07 Å². The van der Waals surface area contributed by atoms with E-state index in [1.807, 2.05) is 18.2 Å². The molecule has 0 aromatic heterocycles. The highest BCUT2D eigenvalue weighted by Gasteiger charge is 2.22. The third-order valence-corrected chi connectivity index (χ3v) is 4.13. The van der Waals surface area contributed by atoms with Gasteiger partial charge < -0.3 is 5.11 Å². The normalized spacial score (nSPS) is 19.2. The van der Waals surface area contributed by atoms with Crippen LogP contribution in [0.5, 0.6) is 0 Å². The second-order valence-electron chi connectivity index (χ2n) is 5.38. The summed E-state index contributed by atoms with van der Waals surface area (Å²) in [5.41, 5.74) is 2.28. The Morgan fingerprint density at radius 1 is 1.17 bits per heavy atom. The summed E-state index contributed by atoms with van der Waals surface area (Å²) in [7, 11) is 0. The fourth-order valence-electron chi connectivity index (χ4n) is 3.00. The smallest absolute Gasteiger partial charge is 0.310 e. The summed E-state index contributed by atoms with van der Waals surface area (Å²) < 4.78 is 0. The fourth-order valence-corrected chi connectivity index (χ4v) is 3.00. The van der Waals surface area contributed by atoms with Gasteiger partial charge in [0.05, 0.1) is 5.92 Å². The van der Waals surface area contributed by atoms with Crippen LogP contribution in [0.3, 0.4) is 0 Å². The first kappa shape index (κ1) is 13.1. The SMILES string of the molecule is CC(C(=O)O)c1ccccc1C1CCCCCC1. The van der Waals surface area contributed by atoms with Gasteiger partial charge in [0.25, 0.3) is 0 Å². The highest BCUT2D eigenvalue weighted by atomic mass is 16.4. The Labute approximate surface area is 109 Å². The summed E-state index contributed by atoms with van der Waals surface area (Å²) >= 11 is 0. The van der Waals surface area contributed by atoms with Gasteiger partial charge in [-0.1, -0.05) is 49.9 Å². The van der Waals surface area contributed by atoms with Crippen LogP contribution >= 0.6 is 0 Å². The molecule has 2 heteroatoms. The number of carboxylic acid groups (broad SMARTS) is 1. The average Bonchev–Trinajstić information content (AvgIpc) is 2.66. The third kappa shape index (κ3) is 2.92. The molecule has 0 spiro atoms. The molecule has 98 valence electrons. The second-order valence-corrected chi connectivity index (χ2v) is 5.38. The van der Waals surface area contributed by atoms with E-state index in [9.17, 15) is 9.90 Å². The zero-order valence-electron chi connectivity index (χ0n) is 11.1. The first-order valence-electron chi connectivity index (χ1n) is 7.01. The van der Waals surface area contributed by atoms with Crippen LogP contribution in [0.1, 0.15) is 68.4 Å². The molecule has 18 heavy (non-hydrogen) atoms. The first-order chi connectivity index (χ1) is 8.70. The molecule has 1 saturated carbocycles. The minimum atomic E-state index is -0.726. The predicted octanol–water partition coefficient (Wildman–Crippen LogP) is 4.31. The number of carboxylic acids is 1. The van der Waals surface area contributed by atoms with Crippen LogP contribution in [0, 0.1) is 0 Å². The zero-order chi connectivity index (χ0) is 13.0. The minimum absolute atomic E-state index is 0.399. The van der Waals surface area contributed by atoms with Gasteiger partial charge >= 0.3 is 5.97 Å². The van der Waals surface area contributed by atoms with Crippen LogP contribution in [0.25, 0.3) is 0 Å². The third-order valence-electron chi connectivity index (χ3n) is 4.13. The molecule has 0 radical (unpaired) electrons. The van der Waals surface area contributed by atoms with Crippen molar-refractivity contribution in [3.05, 3.63) is 35.4 Å². The van der Waals surface area contributed by atoms with Crippen LogP contribution in [0.4, 0.5) is 0 Å². The number of benzene rings is 1. The maximum atomic E-state index is 11.2. The standard InChI is InChI=1S/C16H22O2/c1-12(16(17)18)14-10-6-7-11-15(14)13-8-4-2-3-5-9-13/h6-7,10-13H,2-5,8-9H2,1H3,(H,17,18). The van der Waals surface area contributed by atoms with Crippen molar-refractivity contribution in [2.45, 2.75) is 57.3 Å². The summed E-state index contributed by atoms with van der Waals surface area (Å²) in [4.78, 5) is 11.2. The summed E-state index contributed by atoms with van der Waals surface area (Å²) in [5, 5.41) is 9.21.